The zero-order valence-electron chi connectivity index (χ0n) is 12.1. The fourth-order valence-electron chi connectivity index (χ4n) is 2.70. The molecule has 4 nitrogen and oxygen atoms in total. The lowest BCUT2D eigenvalue weighted by Gasteiger charge is -2.14. The number of carboxylic acid groups (broad SMARTS) is 1. The summed E-state index contributed by atoms with van der Waals surface area (Å²) < 4.78 is 5.36. The first kappa shape index (κ1) is 13.4. The fraction of sp³-hybridized carbons (Fsp3) is 0.176. The van der Waals surface area contributed by atoms with Gasteiger partial charge in [-0.2, -0.15) is 0 Å². The molecule has 0 atom stereocenters. The summed E-state index contributed by atoms with van der Waals surface area (Å²) >= 11 is 0. The van der Waals surface area contributed by atoms with Gasteiger partial charge < -0.3 is 9.84 Å². The molecule has 0 spiro atoms. The number of methoxy groups -OCH3 is 1. The van der Waals surface area contributed by atoms with E-state index in [2.05, 4.69) is 4.98 Å². The predicted octanol–water partition coefficient (Wildman–Crippen LogP) is 3.71. The van der Waals surface area contributed by atoms with Crippen molar-refractivity contribution in [2.75, 3.05) is 7.11 Å². The normalized spacial score (nSPS) is 11.0. The number of carbonyl (C=O) groups is 1. The molecule has 1 heterocycles. The minimum Gasteiger partial charge on any atom is -0.496 e. The van der Waals surface area contributed by atoms with Gasteiger partial charge in [-0.3, -0.25) is 0 Å². The molecule has 0 fully saturated rings. The Morgan fingerprint density at radius 1 is 1.14 bits per heavy atom. The van der Waals surface area contributed by atoms with Crippen molar-refractivity contribution in [1.82, 2.24) is 4.98 Å². The van der Waals surface area contributed by atoms with Crippen LogP contribution in [-0.2, 0) is 0 Å². The molecule has 0 aliphatic heterocycles. The van der Waals surface area contributed by atoms with Gasteiger partial charge in [0, 0.05) is 10.8 Å². The molecule has 0 amide bonds. The molecule has 106 valence electrons. The molecule has 3 rings (SSSR count). The molecule has 4 heteroatoms. The van der Waals surface area contributed by atoms with E-state index in [1.165, 1.54) is 0 Å². The average molecular weight is 281 g/mol. The molecular weight excluding hydrogens is 266 g/mol. The van der Waals surface area contributed by atoms with Crippen LogP contribution in [0.2, 0.25) is 0 Å². The number of hydrogen-bond acceptors (Lipinski definition) is 3. The number of carboxylic acids is 1. The van der Waals surface area contributed by atoms with E-state index in [1.807, 2.05) is 32.0 Å². The highest BCUT2D eigenvalue weighted by Crippen LogP contribution is 2.34. The summed E-state index contributed by atoms with van der Waals surface area (Å²) in [5, 5.41) is 10.9. The summed E-state index contributed by atoms with van der Waals surface area (Å²) in [5.74, 6) is -0.275. The number of benzene rings is 2. The van der Waals surface area contributed by atoms with Gasteiger partial charge in [-0.05, 0) is 37.1 Å². The zero-order chi connectivity index (χ0) is 15.1. The second-order valence-corrected chi connectivity index (χ2v) is 5.03. The highest BCUT2D eigenvalue weighted by Gasteiger charge is 2.18. The Morgan fingerprint density at radius 2 is 1.86 bits per heavy atom. The molecule has 0 saturated heterocycles. The van der Waals surface area contributed by atoms with E-state index in [0.29, 0.717) is 27.6 Å². The molecule has 0 aliphatic rings. The third-order valence-electron chi connectivity index (χ3n) is 3.93. The van der Waals surface area contributed by atoms with Gasteiger partial charge in [0.15, 0.2) is 0 Å². The van der Waals surface area contributed by atoms with Crippen LogP contribution in [0, 0.1) is 13.8 Å². The Labute approximate surface area is 122 Å². The number of aromatic nitrogens is 1. The predicted molar refractivity (Wildman–Crippen MR) is 82.2 cm³/mol. The lowest BCUT2D eigenvalue weighted by Crippen LogP contribution is -2.03. The van der Waals surface area contributed by atoms with Gasteiger partial charge in [0.05, 0.1) is 23.7 Å². The first-order chi connectivity index (χ1) is 10.0. The molecule has 0 saturated carbocycles. The van der Waals surface area contributed by atoms with E-state index in [1.54, 1.807) is 19.2 Å². The van der Waals surface area contributed by atoms with Crippen molar-refractivity contribution in [3.05, 3.63) is 47.0 Å². The summed E-state index contributed by atoms with van der Waals surface area (Å²) in [5.41, 5.74) is 3.60. The van der Waals surface area contributed by atoms with E-state index in [0.717, 1.165) is 11.1 Å². The minimum atomic E-state index is -0.955. The molecule has 0 unspecified atom stereocenters. The number of hydrogen-bond donors (Lipinski definition) is 1. The number of aromatic carboxylic acids is 1. The molecular formula is C17H15NO3. The largest absolute Gasteiger partial charge is 0.496 e. The van der Waals surface area contributed by atoms with Crippen LogP contribution in [0.25, 0.3) is 21.8 Å². The number of para-hydroxylation sites is 1. The van der Waals surface area contributed by atoms with E-state index in [4.69, 9.17) is 4.74 Å². The third-order valence-corrected chi connectivity index (χ3v) is 3.93. The SMILES string of the molecule is COc1cc2c(C(=O)O)c3ccccc3nc2c(C)c1C. The van der Waals surface area contributed by atoms with Gasteiger partial charge in [-0.1, -0.05) is 18.2 Å². The Balaban J connectivity index is 2.61. The molecule has 1 N–H and O–H groups in total. The van der Waals surface area contributed by atoms with Gasteiger partial charge in [0.2, 0.25) is 0 Å². The summed E-state index contributed by atoms with van der Waals surface area (Å²) in [6.45, 7) is 3.89. The Bertz CT molecular complexity index is 884. The van der Waals surface area contributed by atoms with Crippen molar-refractivity contribution in [2.45, 2.75) is 13.8 Å². The highest BCUT2D eigenvalue weighted by molar-refractivity contribution is 6.14. The number of aryl methyl sites for hydroxylation is 1. The molecule has 21 heavy (non-hydrogen) atoms. The van der Waals surface area contributed by atoms with Crippen LogP contribution in [0.5, 0.6) is 5.75 Å². The smallest absolute Gasteiger partial charge is 0.337 e. The van der Waals surface area contributed by atoms with Crippen LogP contribution in [0.1, 0.15) is 21.5 Å². The lowest BCUT2D eigenvalue weighted by molar-refractivity contribution is 0.0701. The Hall–Kier alpha value is -2.62. The maximum atomic E-state index is 11.8. The second kappa shape index (κ2) is 4.74. The van der Waals surface area contributed by atoms with Gasteiger partial charge in [0.1, 0.15) is 5.75 Å². The van der Waals surface area contributed by atoms with Crippen molar-refractivity contribution < 1.29 is 14.6 Å². The molecule has 0 aliphatic carbocycles. The topological polar surface area (TPSA) is 59.4 Å². The molecule has 2 aromatic carbocycles. The molecule has 0 bridgehead atoms. The van der Waals surface area contributed by atoms with E-state index in [-0.39, 0.29) is 5.56 Å². The van der Waals surface area contributed by atoms with Crippen LogP contribution in [0.3, 0.4) is 0 Å². The minimum absolute atomic E-state index is 0.275. The van der Waals surface area contributed by atoms with Crippen LogP contribution in [0.15, 0.2) is 30.3 Å². The van der Waals surface area contributed by atoms with Crippen LogP contribution in [0.4, 0.5) is 0 Å². The van der Waals surface area contributed by atoms with Gasteiger partial charge >= 0.3 is 5.97 Å². The van der Waals surface area contributed by atoms with Crippen molar-refractivity contribution in [3.63, 3.8) is 0 Å². The molecule has 1 aromatic heterocycles. The summed E-state index contributed by atoms with van der Waals surface area (Å²) in [6.07, 6.45) is 0. The second-order valence-electron chi connectivity index (χ2n) is 5.03. The van der Waals surface area contributed by atoms with Crippen LogP contribution < -0.4 is 4.74 Å². The van der Waals surface area contributed by atoms with Crippen molar-refractivity contribution in [3.8, 4) is 5.75 Å². The van der Waals surface area contributed by atoms with Gasteiger partial charge in [-0.15, -0.1) is 0 Å². The number of rotatable bonds is 2. The monoisotopic (exact) mass is 281 g/mol. The standard InChI is InChI=1S/C17H15NO3/c1-9-10(2)16-12(8-14(9)21-3)15(17(19)20)11-6-4-5-7-13(11)18-16/h4-8H,1-3H3,(H,19,20). The number of nitrogens with zero attached hydrogens (tertiary/aromatic N) is 1. The quantitative estimate of drug-likeness (QED) is 0.727. The summed E-state index contributed by atoms with van der Waals surface area (Å²) in [4.78, 5) is 16.4. The Morgan fingerprint density at radius 3 is 2.52 bits per heavy atom. The average Bonchev–Trinajstić information content (AvgIpc) is 2.48. The van der Waals surface area contributed by atoms with Crippen molar-refractivity contribution in [1.29, 1.82) is 0 Å². The first-order valence-corrected chi connectivity index (χ1v) is 6.64. The molecule has 3 aromatic rings. The van der Waals surface area contributed by atoms with E-state index < -0.39 is 5.97 Å². The van der Waals surface area contributed by atoms with Gasteiger partial charge in [0.25, 0.3) is 0 Å². The van der Waals surface area contributed by atoms with Crippen LogP contribution in [-0.4, -0.2) is 23.2 Å². The molecule has 0 radical (unpaired) electrons. The Kier molecular flexibility index (Phi) is 3.01. The van der Waals surface area contributed by atoms with Crippen LogP contribution >= 0.6 is 0 Å². The summed E-state index contributed by atoms with van der Waals surface area (Å²) in [7, 11) is 1.59. The maximum absolute atomic E-state index is 11.8. The van der Waals surface area contributed by atoms with Crippen molar-refractivity contribution >= 4 is 27.8 Å². The van der Waals surface area contributed by atoms with E-state index in [9.17, 15) is 9.90 Å². The number of ether oxygens (including phenoxy) is 1. The lowest BCUT2D eigenvalue weighted by atomic mass is 9.97. The van der Waals surface area contributed by atoms with E-state index >= 15 is 0 Å². The first-order valence-electron chi connectivity index (χ1n) is 6.64. The highest BCUT2D eigenvalue weighted by atomic mass is 16.5. The zero-order valence-corrected chi connectivity index (χ0v) is 12.1. The van der Waals surface area contributed by atoms with Crippen molar-refractivity contribution in [2.24, 2.45) is 0 Å². The number of fused-ring (bicyclic) bond motifs is 2. The number of pyridine rings is 1. The fourth-order valence-corrected chi connectivity index (χ4v) is 2.70. The maximum Gasteiger partial charge on any atom is 0.337 e. The third kappa shape index (κ3) is 1.91. The summed E-state index contributed by atoms with van der Waals surface area (Å²) in [6, 6.07) is 9.06. The van der Waals surface area contributed by atoms with Gasteiger partial charge in [-0.25, -0.2) is 9.78 Å².